The van der Waals surface area contributed by atoms with E-state index in [0.29, 0.717) is 17.9 Å². The zero-order valence-corrected chi connectivity index (χ0v) is 17.0. The summed E-state index contributed by atoms with van der Waals surface area (Å²) in [5, 5.41) is 10.2. The topological polar surface area (TPSA) is 57.4 Å². The fraction of sp³-hybridized carbons (Fsp3) is 0.636. The molecule has 0 aliphatic carbocycles. The largest absolute Gasteiger partial charge is 0.396 e. The maximum Gasteiger partial charge on any atom is 0.122 e. The number of aliphatic hydroxyl groups is 1. The molecule has 2 aromatic heterocycles. The lowest BCUT2D eigenvalue weighted by Crippen LogP contribution is -2.53. The monoisotopic (exact) mass is 383 g/mol. The van der Waals surface area contributed by atoms with Gasteiger partial charge in [-0.25, -0.2) is 4.98 Å². The van der Waals surface area contributed by atoms with E-state index >= 15 is 0 Å². The molecule has 4 rings (SSSR count). The third kappa shape index (κ3) is 4.14. The van der Waals surface area contributed by atoms with Crippen LogP contribution in [0, 0.1) is 11.3 Å². The van der Waals surface area contributed by atoms with Gasteiger partial charge in [0.1, 0.15) is 5.82 Å². The van der Waals surface area contributed by atoms with Crippen LogP contribution in [-0.2, 0) is 19.6 Å². The van der Waals surface area contributed by atoms with Crippen LogP contribution in [0.15, 0.2) is 36.8 Å². The number of pyridine rings is 1. The number of likely N-dealkylation sites (tertiary alicyclic amines) is 2. The minimum absolute atomic E-state index is 0.291. The number of rotatable bonds is 6. The van der Waals surface area contributed by atoms with Crippen molar-refractivity contribution in [2.75, 3.05) is 32.8 Å². The van der Waals surface area contributed by atoms with Gasteiger partial charge < -0.3 is 9.67 Å². The fourth-order valence-electron chi connectivity index (χ4n) is 5.09. The fourth-order valence-corrected chi connectivity index (χ4v) is 5.09. The highest BCUT2D eigenvalue weighted by Crippen LogP contribution is 2.45. The molecule has 1 atom stereocenters. The Labute approximate surface area is 168 Å². The van der Waals surface area contributed by atoms with Crippen LogP contribution in [0.25, 0.3) is 0 Å². The van der Waals surface area contributed by atoms with Crippen LogP contribution in [0.2, 0.25) is 0 Å². The van der Waals surface area contributed by atoms with Gasteiger partial charge >= 0.3 is 0 Å². The van der Waals surface area contributed by atoms with Crippen molar-refractivity contribution in [2.45, 2.75) is 45.8 Å². The summed E-state index contributed by atoms with van der Waals surface area (Å²) in [5.41, 5.74) is 1.42. The Hall–Kier alpha value is -1.76. The van der Waals surface area contributed by atoms with E-state index in [0.717, 1.165) is 51.5 Å². The highest BCUT2D eigenvalue weighted by molar-refractivity contribution is 5.05. The van der Waals surface area contributed by atoms with Gasteiger partial charge in [-0.15, -0.1) is 0 Å². The first-order valence-electron chi connectivity index (χ1n) is 10.7. The Balaban J connectivity index is 1.34. The highest BCUT2D eigenvalue weighted by atomic mass is 16.3. The van der Waals surface area contributed by atoms with E-state index in [2.05, 4.69) is 49.6 Å². The van der Waals surface area contributed by atoms with Crippen molar-refractivity contribution in [3.8, 4) is 0 Å². The number of aryl methyl sites for hydroxylation is 1. The Bertz CT molecular complexity index is 738. The predicted molar refractivity (Wildman–Crippen MR) is 110 cm³/mol. The lowest BCUT2D eigenvalue weighted by molar-refractivity contribution is -0.0456. The second-order valence-corrected chi connectivity index (χ2v) is 8.45. The highest BCUT2D eigenvalue weighted by Gasteiger charge is 2.44. The van der Waals surface area contributed by atoms with Crippen molar-refractivity contribution in [2.24, 2.45) is 11.3 Å². The van der Waals surface area contributed by atoms with E-state index in [-0.39, 0.29) is 0 Å². The summed E-state index contributed by atoms with van der Waals surface area (Å²) in [7, 11) is 0. The van der Waals surface area contributed by atoms with Gasteiger partial charge in [0.15, 0.2) is 0 Å². The van der Waals surface area contributed by atoms with Crippen LogP contribution in [0.3, 0.4) is 0 Å². The molecule has 2 saturated heterocycles. The normalized spacial score (nSPS) is 23.3. The number of hydrogen-bond donors (Lipinski definition) is 1. The Morgan fingerprint density at radius 3 is 2.50 bits per heavy atom. The molecule has 1 spiro atoms. The zero-order valence-electron chi connectivity index (χ0n) is 17.0. The summed E-state index contributed by atoms with van der Waals surface area (Å²) in [5.74, 6) is 1.53. The van der Waals surface area contributed by atoms with Gasteiger partial charge in [-0.3, -0.25) is 14.8 Å². The molecule has 1 N–H and O–H groups in total. The van der Waals surface area contributed by atoms with Crippen LogP contribution in [0.4, 0.5) is 0 Å². The minimum atomic E-state index is 0.291. The molecule has 1 unspecified atom stereocenters. The lowest BCUT2D eigenvalue weighted by atomic mass is 9.64. The standard InChI is InChI=1S/C22H33N5O/c1-2-27-14-10-24-21(27)17-25-11-6-22(7-12-25)8-13-26(15-19(22)18-28)16-20-5-3-4-9-23-20/h3-5,9-10,14,19,28H,2,6-8,11-13,15-18H2,1H3. The molecule has 2 aromatic rings. The molecule has 4 heterocycles. The number of aliphatic hydroxyl groups excluding tert-OH is 1. The molecule has 0 radical (unpaired) electrons. The second-order valence-electron chi connectivity index (χ2n) is 8.45. The van der Waals surface area contributed by atoms with Crippen molar-refractivity contribution in [1.29, 1.82) is 0 Å². The van der Waals surface area contributed by atoms with Gasteiger partial charge in [0.2, 0.25) is 0 Å². The second kappa shape index (κ2) is 8.72. The number of hydrogen-bond acceptors (Lipinski definition) is 5. The molecular formula is C22H33N5O. The maximum absolute atomic E-state index is 10.2. The van der Waals surface area contributed by atoms with Gasteiger partial charge in [-0.05, 0) is 63.4 Å². The van der Waals surface area contributed by atoms with Gasteiger partial charge in [-0.1, -0.05) is 6.07 Å². The summed E-state index contributed by atoms with van der Waals surface area (Å²) in [6, 6.07) is 6.11. The lowest BCUT2D eigenvalue weighted by Gasteiger charge is -2.51. The van der Waals surface area contributed by atoms with Crippen LogP contribution in [-0.4, -0.2) is 62.2 Å². The molecule has 6 nitrogen and oxygen atoms in total. The Morgan fingerprint density at radius 2 is 1.82 bits per heavy atom. The molecule has 0 aromatic carbocycles. The number of aromatic nitrogens is 3. The van der Waals surface area contributed by atoms with Crippen LogP contribution in [0.1, 0.15) is 37.7 Å². The van der Waals surface area contributed by atoms with Gasteiger partial charge in [0.25, 0.3) is 0 Å². The van der Waals surface area contributed by atoms with E-state index in [1.165, 1.54) is 25.1 Å². The van der Waals surface area contributed by atoms with Crippen molar-refractivity contribution in [3.63, 3.8) is 0 Å². The molecule has 2 fully saturated rings. The van der Waals surface area contributed by atoms with Crippen molar-refractivity contribution < 1.29 is 5.11 Å². The summed E-state index contributed by atoms with van der Waals surface area (Å²) >= 11 is 0. The number of piperidine rings is 2. The third-order valence-corrected chi connectivity index (χ3v) is 6.96. The van der Waals surface area contributed by atoms with Crippen molar-refractivity contribution >= 4 is 0 Å². The van der Waals surface area contributed by atoms with Gasteiger partial charge in [-0.2, -0.15) is 0 Å². The van der Waals surface area contributed by atoms with E-state index < -0.39 is 0 Å². The van der Waals surface area contributed by atoms with E-state index in [1.807, 2.05) is 18.5 Å². The average molecular weight is 384 g/mol. The molecule has 0 saturated carbocycles. The minimum Gasteiger partial charge on any atom is -0.396 e. The molecule has 152 valence electrons. The molecule has 0 amide bonds. The molecule has 2 aliphatic heterocycles. The average Bonchev–Trinajstić information content (AvgIpc) is 3.19. The van der Waals surface area contributed by atoms with Crippen LogP contribution < -0.4 is 0 Å². The van der Waals surface area contributed by atoms with Crippen LogP contribution >= 0.6 is 0 Å². The molecule has 28 heavy (non-hydrogen) atoms. The van der Waals surface area contributed by atoms with Crippen molar-refractivity contribution in [1.82, 2.24) is 24.3 Å². The van der Waals surface area contributed by atoms with Gasteiger partial charge in [0, 0.05) is 50.7 Å². The first-order valence-corrected chi connectivity index (χ1v) is 10.7. The Morgan fingerprint density at radius 1 is 1.04 bits per heavy atom. The summed E-state index contributed by atoms with van der Waals surface area (Å²) in [4.78, 5) is 14.0. The summed E-state index contributed by atoms with van der Waals surface area (Å²) < 4.78 is 2.23. The van der Waals surface area contributed by atoms with Crippen molar-refractivity contribution in [3.05, 3.63) is 48.3 Å². The molecular weight excluding hydrogens is 350 g/mol. The Kier molecular flexibility index (Phi) is 6.09. The van der Waals surface area contributed by atoms with Crippen LogP contribution in [0.5, 0.6) is 0 Å². The molecule has 6 heteroatoms. The third-order valence-electron chi connectivity index (χ3n) is 6.96. The summed E-state index contributed by atoms with van der Waals surface area (Å²) in [6.45, 7) is 9.55. The van der Waals surface area contributed by atoms with E-state index in [4.69, 9.17) is 0 Å². The maximum atomic E-state index is 10.2. The molecule has 0 bridgehead atoms. The van der Waals surface area contributed by atoms with Gasteiger partial charge in [0.05, 0.1) is 12.2 Å². The van der Waals surface area contributed by atoms with E-state index in [9.17, 15) is 5.11 Å². The first-order chi connectivity index (χ1) is 13.7. The smallest absolute Gasteiger partial charge is 0.122 e. The number of nitrogens with zero attached hydrogens (tertiary/aromatic N) is 5. The van der Waals surface area contributed by atoms with E-state index in [1.54, 1.807) is 0 Å². The first kappa shape index (κ1) is 19.6. The quantitative estimate of drug-likeness (QED) is 0.830. The predicted octanol–water partition coefficient (Wildman–Crippen LogP) is 2.39. The SMILES string of the molecule is CCn1ccnc1CN1CCC2(CC1)CCN(Cc1ccccn1)CC2CO. The summed E-state index contributed by atoms with van der Waals surface area (Å²) in [6.07, 6.45) is 9.39. The molecule has 2 aliphatic rings. The number of imidazole rings is 1. The zero-order chi connectivity index (χ0) is 19.4.